The Labute approximate surface area is 126 Å². The number of hydrogen-bond donors (Lipinski definition) is 0. The SMILES string of the molecule is CC(CBr)N(C)C(=O)c1cc(Br)ccc1I. The molecule has 1 unspecified atom stereocenters. The van der Waals surface area contributed by atoms with Crippen LogP contribution in [0.2, 0.25) is 0 Å². The van der Waals surface area contributed by atoms with E-state index in [4.69, 9.17) is 0 Å². The molecule has 0 saturated heterocycles. The third-order valence-electron chi connectivity index (χ3n) is 2.36. The van der Waals surface area contributed by atoms with Crippen LogP contribution in [-0.4, -0.2) is 29.2 Å². The molecular formula is C11H12Br2INO. The second-order valence-corrected chi connectivity index (χ2v) is 6.27. The minimum atomic E-state index is 0.0534. The van der Waals surface area contributed by atoms with Crippen molar-refractivity contribution in [2.45, 2.75) is 13.0 Å². The lowest BCUT2D eigenvalue weighted by molar-refractivity contribution is 0.0757. The Hall–Kier alpha value is 0.380. The summed E-state index contributed by atoms with van der Waals surface area (Å²) in [6.07, 6.45) is 0. The van der Waals surface area contributed by atoms with Crippen LogP contribution in [-0.2, 0) is 0 Å². The first kappa shape index (κ1) is 14.4. The first-order chi connectivity index (χ1) is 7.47. The van der Waals surface area contributed by atoms with Crippen molar-refractivity contribution < 1.29 is 4.79 Å². The molecule has 1 atom stereocenters. The molecule has 88 valence electrons. The van der Waals surface area contributed by atoms with Gasteiger partial charge >= 0.3 is 0 Å². The van der Waals surface area contributed by atoms with Gasteiger partial charge in [0.05, 0.1) is 5.56 Å². The molecule has 0 fully saturated rings. The lowest BCUT2D eigenvalue weighted by atomic mass is 10.2. The number of hydrogen-bond acceptors (Lipinski definition) is 1. The molecule has 2 nitrogen and oxygen atoms in total. The third-order valence-corrected chi connectivity index (χ3v) is 4.73. The monoisotopic (exact) mass is 459 g/mol. The quantitative estimate of drug-likeness (QED) is 0.495. The lowest BCUT2D eigenvalue weighted by Gasteiger charge is -2.23. The van der Waals surface area contributed by atoms with E-state index in [1.54, 1.807) is 4.90 Å². The number of nitrogens with zero attached hydrogens (tertiary/aromatic N) is 1. The Morgan fingerprint density at radius 3 is 2.75 bits per heavy atom. The number of alkyl halides is 1. The Morgan fingerprint density at radius 1 is 1.56 bits per heavy atom. The molecule has 0 spiro atoms. The van der Waals surface area contributed by atoms with E-state index >= 15 is 0 Å². The highest BCUT2D eigenvalue weighted by Crippen LogP contribution is 2.20. The van der Waals surface area contributed by atoms with Crippen molar-refractivity contribution in [3.63, 3.8) is 0 Å². The minimum Gasteiger partial charge on any atom is -0.338 e. The molecule has 0 radical (unpaired) electrons. The van der Waals surface area contributed by atoms with Gasteiger partial charge in [0.2, 0.25) is 0 Å². The molecular weight excluding hydrogens is 449 g/mol. The van der Waals surface area contributed by atoms with Gasteiger partial charge in [-0.3, -0.25) is 4.79 Å². The summed E-state index contributed by atoms with van der Waals surface area (Å²) in [5, 5.41) is 0.778. The van der Waals surface area contributed by atoms with Gasteiger partial charge in [0, 0.05) is 26.5 Å². The smallest absolute Gasteiger partial charge is 0.254 e. The van der Waals surface area contributed by atoms with Gasteiger partial charge in [-0.05, 0) is 47.7 Å². The van der Waals surface area contributed by atoms with Gasteiger partial charge in [0.25, 0.3) is 5.91 Å². The molecule has 16 heavy (non-hydrogen) atoms. The van der Waals surface area contributed by atoms with Gasteiger partial charge in [0.15, 0.2) is 0 Å². The molecule has 0 heterocycles. The van der Waals surface area contributed by atoms with Crippen LogP contribution >= 0.6 is 54.5 Å². The van der Waals surface area contributed by atoms with Crippen LogP contribution in [0.5, 0.6) is 0 Å². The van der Waals surface area contributed by atoms with Gasteiger partial charge in [-0.25, -0.2) is 0 Å². The zero-order valence-electron chi connectivity index (χ0n) is 9.01. The van der Waals surface area contributed by atoms with Crippen LogP contribution in [0, 0.1) is 3.57 Å². The maximum atomic E-state index is 12.2. The maximum absolute atomic E-state index is 12.2. The zero-order valence-corrected chi connectivity index (χ0v) is 14.3. The topological polar surface area (TPSA) is 20.3 Å². The van der Waals surface area contributed by atoms with E-state index in [9.17, 15) is 4.79 Å². The second-order valence-electron chi connectivity index (χ2n) is 3.54. The van der Waals surface area contributed by atoms with Crippen molar-refractivity contribution in [3.05, 3.63) is 31.8 Å². The number of rotatable bonds is 3. The van der Waals surface area contributed by atoms with Gasteiger partial charge in [-0.1, -0.05) is 31.9 Å². The number of carbonyl (C=O) groups is 1. The highest BCUT2D eigenvalue weighted by molar-refractivity contribution is 14.1. The molecule has 0 aliphatic heterocycles. The third kappa shape index (κ3) is 3.43. The lowest BCUT2D eigenvalue weighted by Crippen LogP contribution is -2.36. The summed E-state index contributed by atoms with van der Waals surface area (Å²) in [6, 6.07) is 5.92. The fourth-order valence-corrected chi connectivity index (χ4v) is 2.52. The van der Waals surface area contributed by atoms with E-state index < -0.39 is 0 Å². The predicted octanol–water partition coefficient (Wildman–Crippen LogP) is 3.91. The summed E-state index contributed by atoms with van der Waals surface area (Å²) in [4.78, 5) is 13.9. The number of benzene rings is 1. The standard InChI is InChI=1S/C11H12Br2INO/c1-7(6-12)15(2)11(16)9-5-8(13)3-4-10(9)14/h3-5,7H,6H2,1-2H3. The van der Waals surface area contributed by atoms with E-state index in [1.165, 1.54) is 0 Å². The van der Waals surface area contributed by atoms with Crippen molar-refractivity contribution in [1.82, 2.24) is 4.90 Å². The molecule has 1 aromatic rings. The number of amides is 1. The van der Waals surface area contributed by atoms with Crippen LogP contribution in [0.4, 0.5) is 0 Å². The van der Waals surface area contributed by atoms with E-state index in [0.29, 0.717) is 0 Å². The van der Waals surface area contributed by atoms with Crippen molar-refractivity contribution in [1.29, 1.82) is 0 Å². The van der Waals surface area contributed by atoms with Crippen molar-refractivity contribution in [2.24, 2.45) is 0 Å². The fourth-order valence-electron chi connectivity index (χ4n) is 1.16. The molecule has 5 heteroatoms. The van der Waals surface area contributed by atoms with Gasteiger partial charge in [-0.2, -0.15) is 0 Å². The highest BCUT2D eigenvalue weighted by atomic mass is 127. The van der Waals surface area contributed by atoms with Gasteiger partial charge in [0.1, 0.15) is 0 Å². The first-order valence-corrected chi connectivity index (χ1v) is 7.75. The molecule has 0 aliphatic rings. The summed E-state index contributed by atoms with van der Waals surface area (Å²) < 4.78 is 1.90. The van der Waals surface area contributed by atoms with Crippen molar-refractivity contribution in [2.75, 3.05) is 12.4 Å². The first-order valence-electron chi connectivity index (χ1n) is 4.75. The Morgan fingerprint density at radius 2 is 2.19 bits per heavy atom. The van der Waals surface area contributed by atoms with Crippen LogP contribution in [0.1, 0.15) is 17.3 Å². The second kappa shape index (κ2) is 6.35. The number of halogens is 3. The zero-order chi connectivity index (χ0) is 12.3. The number of carbonyl (C=O) groups excluding carboxylic acids is 1. The molecule has 1 amide bonds. The van der Waals surface area contributed by atoms with Crippen LogP contribution in [0.3, 0.4) is 0 Å². The summed E-state index contributed by atoms with van der Waals surface area (Å²) in [7, 11) is 1.82. The van der Waals surface area contributed by atoms with Gasteiger partial charge < -0.3 is 4.90 Å². The van der Waals surface area contributed by atoms with Crippen LogP contribution in [0.25, 0.3) is 0 Å². The van der Waals surface area contributed by atoms with Crippen LogP contribution < -0.4 is 0 Å². The van der Waals surface area contributed by atoms with Crippen molar-refractivity contribution in [3.8, 4) is 0 Å². The average Bonchev–Trinajstić information content (AvgIpc) is 2.29. The Bertz CT molecular complexity index is 398. The fraction of sp³-hybridized carbons (Fsp3) is 0.364. The Balaban J connectivity index is 3.00. The molecule has 0 N–H and O–H groups in total. The molecule has 0 aromatic heterocycles. The molecule has 0 saturated carbocycles. The average molecular weight is 461 g/mol. The van der Waals surface area contributed by atoms with E-state index in [-0.39, 0.29) is 11.9 Å². The summed E-state index contributed by atoms with van der Waals surface area (Å²) in [5.41, 5.74) is 0.741. The van der Waals surface area contributed by atoms with E-state index in [1.807, 2.05) is 32.2 Å². The molecule has 0 aliphatic carbocycles. The molecule has 1 aromatic carbocycles. The largest absolute Gasteiger partial charge is 0.338 e. The summed E-state index contributed by atoms with van der Waals surface area (Å²) in [5.74, 6) is 0.0534. The van der Waals surface area contributed by atoms with Gasteiger partial charge in [-0.15, -0.1) is 0 Å². The molecule has 1 rings (SSSR count). The van der Waals surface area contributed by atoms with Crippen LogP contribution in [0.15, 0.2) is 22.7 Å². The predicted molar refractivity (Wildman–Crippen MR) is 82.2 cm³/mol. The minimum absolute atomic E-state index is 0.0534. The normalized spacial score (nSPS) is 12.3. The summed E-state index contributed by atoms with van der Waals surface area (Å²) in [6.45, 7) is 2.01. The molecule has 0 bridgehead atoms. The van der Waals surface area contributed by atoms with E-state index in [2.05, 4.69) is 54.5 Å². The summed E-state index contributed by atoms with van der Waals surface area (Å²) >= 11 is 8.95. The Kier molecular flexibility index (Phi) is 5.73. The van der Waals surface area contributed by atoms with E-state index in [0.717, 1.165) is 18.9 Å². The maximum Gasteiger partial charge on any atom is 0.254 e. The highest BCUT2D eigenvalue weighted by Gasteiger charge is 2.18. The van der Waals surface area contributed by atoms with Crippen molar-refractivity contribution >= 4 is 60.4 Å².